The summed E-state index contributed by atoms with van der Waals surface area (Å²) in [5, 5.41) is 6.48. The highest BCUT2D eigenvalue weighted by molar-refractivity contribution is 9.10. The number of thiophene rings is 1. The van der Waals surface area contributed by atoms with Crippen molar-refractivity contribution in [1.82, 2.24) is 10.3 Å². The lowest BCUT2D eigenvalue weighted by Crippen LogP contribution is -2.10. The molecule has 2 aromatic rings. The van der Waals surface area contributed by atoms with E-state index in [1.165, 1.54) is 9.75 Å². The second-order valence-electron chi connectivity index (χ2n) is 3.01. The smallest absolute Gasteiger partial charge is 0.134 e. The molecule has 0 aromatic carbocycles. The van der Waals surface area contributed by atoms with Crippen LogP contribution in [0.15, 0.2) is 22.1 Å². The zero-order valence-electron chi connectivity index (χ0n) is 8.29. The number of aromatic nitrogens is 1. The Bertz CT molecular complexity index is 436. The molecule has 0 radical (unpaired) electrons. The summed E-state index contributed by atoms with van der Waals surface area (Å²) >= 11 is 7.00. The number of nitrogens with zero attached hydrogens (tertiary/aromatic N) is 1. The van der Waals surface area contributed by atoms with Gasteiger partial charge in [0.2, 0.25) is 0 Å². The fraction of sp³-hybridized carbons (Fsp3) is 0.300. The first kappa shape index (κ1) is 11.3. The summed E-state index contributed by atoms with van der Waals surface area (Å²) in [5.41, 5.74) is 0. The van der Waals surface area contributed by atoms with E-state index >= 15 is 0 Å². The van der Waals surface area contributed by atoms with Gasteiger partial charge in [0, 0.05) is 22.1 Å². The SMILES string of the molecule is CCNCc1cnc(-c2sccc2Br)s1. The van der Waals surface area contributed by atoms with Gasteiger partial charge in [-0.1, -0.05) is 6.92 Å². The number of hydrogen-bond donors (Lipinski definition) is 1. The minimum absolute atomic E-state index is 0.914. The molecule has 1 N–H and O–H groups in total. The summed E-state index contributed by atoms with van der Waals surface area (Å²) in [4.78, 5) is 6.94. The maximum absolute atomic E-state index is 4.43. The van der Waals surface area contributed by atoms with Crippen LogP contribution in [0.3, 0.4) is 0 Å². The molecule has 0 amide bonds. The first-order chi connectivity index (χ1) is 7.31. The standard InChI is InChI=1S/C10H11BrN2S2/c1-2-12-5-7-6-13-10(15-7)9-8(11)3-4-14-9/h3-4,6,12H,2,5H2,1H3. The average molecular weight is 303 g/mol. The minimum Gasteiger partial charge on any atom is -0.312 e. The summed E-state index contributed by atoms with van der Waals surface area (Å²) in [5.74, 6) is 0. The zero-order valence-corrected chi connectivity index (χ0v) is 11.5. The van der Waals surface area contributed by atoms with E-state index in [1.54, 1.807) is 22.7 Å². The lowest BCUT2D eigenvalue weighted by Gasteiger charge is -1.95. The lowest BCUT2D eigenvalue weighted by atomic mass is 10.5. The Morgan fingerprint density at radius 2 is 2.40 bits per heavy atom. The maximum Gasteiger partial charge on any atom is 0.134 e. The van der Waals surface area contributed by atoms with Gasteiger partial charge in [0.25, 0.3) is 0 Å². The molecule has 0 saturated heterocycles. The van der Waals surface area contributed by atoms with E-state index in [0.29, 0.717) is 0 Å². The summed E-state index contributed by atoms with van der Waals surface area (Å²) in [7, 11) is 0. The van der Waals surface area contributed by atoms with Gasteiger partial charge in [0.1, 0.15) is 5.01 Å². The van der Waals surface area contributed by atoms with E-state index in [0.717, 1.165) is 22.6 Å². The van der Waals surface area contributed by atoms with Crippen molar-refractivity contribution in [3.05, 3.63) is 27.0 Å². The fourth-order valence-corrected chi connectivity index (χ4v) is 3.88. The number of thiazole rings is 1. The number of halogens is 1. The largest absolute Gasteiger partial charge is 0.312 e. The van der Waals surface area contributed by atoms with Crippen LogP contribution in [-0.4, -0.2) is 11.5 Å². The molecular weight excluding hydrogens is 292 g/mol. The van der Waals surface area contributed by atoms with Crippen molar-refractivity contribution in [2.75, 3.05) is 6.54 Å². The molecule has 0 fully saturated rings. The van der Waals surface area contributed by atoms with Gasteiger partial charge in [0.15, 0.2) is 0 Å². The molecular formula is C10H11BrN2S2. The fourth-order valence-electron chi connectivity index (χ4n) is 1.19. The number of rotatable bonds is 4. The Morgan fingerprint density at radius 3 is 3.07 bits per heavy atom. The third-order valence-corrected chi connectivity index (χ3v) is 4.90. The topological polar surface area (TPSA) is 24.9 Å². The van der Waals surface area contributed by atoms with Gasteiger partial charge in [0.05, 0.1) is 4.88 Å². The first-order valence-corrected chi connectivity index (χ1v) is 7.19. The van der Waals surface area contributed by atoms with E-state index in [9.17, 15) is 0 Å². The molecule has 0 aliphatic rings. The van der Waals surface area contributed by atoms with E-state index in [4.69, 9.17) is 0 Å². The molecule has 0 atom stereocenters. The van der Waals surface area contributed by atoms with Crippen molar-refractivity contribution in [2.24, 2.45) is 0 Å². The summed E-state index contributed by atoms with van der Waals surface area (Å²) in [6.07, 6.45) is 1.95. The summed E-state index contributed by atoms with van der Waals surface area (Å²) in [6.45, 7) is 4.02. The van der Waals surface area contributed by atoms with E-state index in [1.807, 2.05) is 6.20 Å². The van der Waals surface area contributed by atoms with Crippen LogP contribution in [-0.2, 0) is 6.54 Å². The quantitative estimate of drug-likeness (QED) is 0.930. The Labute approximate surface area is 106 Å². The van der Waals surface area contributed by atoms with Crippen LogP contribution in [0.2, 0.25) is 0 Å². The number of hydrogen-bond acceptors (Lipinski definition) is 4. The monoisotopic (exact) mass is 302 g/mol. The zero-order chi connectivity index (χ0) is 10.7. The molecule has 80 valence electrons. The van der Waals surface area contributed by atoms with Crippen LogP contribution in [0.4, 0.5) is 0 Å². The van der Waals surface area contributed by atoms with Gasteiger partial charge in [-0.25, -0.2) is 4.98 Å². The van der Waals surface area contributed by atoms with Crippen molar-refractivity contribution in [3.63, 3.8) is 0 Å². The molecule has 2 nitrogen and oxygen atoms in total. The lowest BCUT2D eigenvalue weighted by molar-refractivity contribution is 0.734. The molecule has 0 unspecified atom stereocenters. The van der Waals surface area contributed by atoms with Gasteiger partial charge >= 0.3 is 0 Å². The molecule has 0 aliphatic heterocycles. The molecule has 0 bridgehead atoms. The van der Waals surface area contributed by atoms with Crippen molar-refractivity contribution < 1.29 is 0 Å². The molecule has 2 rings (SSSR count). The third-order valence-electron chi connectivity index (χ3n) is 1.91. The predicted molar refractivity (Wildman–Crippen MR) is 70.5 cm³/mol. The Kier molecular flexibility index (Phi) is 3.91. The van der Waals surface area contributed by atoms with Crippen LogP contribution in [0, 0.1) is 0 Å². The van der Waals surface area contributed by atoms with Gasteiger partial charge in [-0.05, 0) is 33.9 Å². The number of nitrogens with one attached hydrogen (secondary N) is 1. The van der Waals surface area contributed by atoms with Crippen LogP contribution in [0.5, 0.6) is 0 Å². The second kappa shape index (κ2) is 5.21. The van der Waals surface area contributed by atoms with Crippen molar-refractivity contribution in [2.45, 2.75) is 13.5 Å². The maximum atomic E-state index is 4.43. The second-order valence-corrected chi connectivity index (χ2v) is 5.90. The Hall–Kier alpha value is -0.230. The van der Waals surface area contributed by atoms with Crippen LogP contribution in [0.1, 0.15) is 11.8 Å². The van der Waals surface area contributed by atoms with E-state index in [2.05, 4.69) is 44.6 Å². The highest BCUT2D eigenvalue weighted by Gasteiger charge is 2.08. The molecule has 2 heterocycles. The summed E-state index contributed by atoms with van der Waals surface area (Å²) < 4.78 is 1.14. The van der Waals surface area contributed by atoms with Gasteiger partial charge < -0.3 is 5.32 Å². The van der Waals surface area contributed by atoms with Crippen LogP contribution < -0.4 is 5.32 Å². The third kappa shape index (κ3) is 2.66. The van der Waals surface area contributed by atoms with Crippen LogP contribution >= 0.6 is 38.6 Å². The van der Waals surface area contributed by atoms with E-state index in [-0.39, 0.29) is 0 Å². The average Bonchev–Trinajstić information content (AvgIpc) is 2.83. The predicted octanol–water partition coefficient (Wildman–Crippen LogP) is 3.74. The Morgan fingerprint density at radius 1 is 1.53 bits per heavy atom. The van der Waals surface area contributed by atoms with Crippen LogP contribution in [0.25, 0.3) is 9.88 Å². The normalized spacial score (nSPS) is 10.8. The van der Waals surface area contributed by atoms with Gasteiger partial charge in [-0.3, -0.25) is 0 Å². The molecule has 0 aliphatic carbocycles. The van der Waals surface area contributed by atoms with Crippen molar-refractivity contribution in [3.8, 4) is 9.88 Å². The van der Waals surface area contributed by atoms with Crippen molar-refractivity contribution in [1.29, 1.82) is 0 Å². The molecule has 5 heteroatoms. The van der Waals surface area contributed by atoms with Gasteiger partial charge in [-0.2, -0.15) is 0 Å². The molecule has 2 aromatic heterocycles. The molecule has 0 spiro atoms. The van der Waals surface area contributed by atoms with Crippen molar-refractivity contribution >= 4 is 38.6 Å². The minimum atomic E-state index is 0.914. The summed E-state index contributed by atoms with van der Waals surface area (Å²) in [6, 6.07) is 2.06. The Balaban J connectivity index is 2.17. The highest BCUT2D eigenvalue weighted by Crippen LogP contribution is 2.35. The molecule has 0 saturated carbocycles. The first-order valence-electron chi connectivity index (χ1n) is 4.70. The van der Waals surface area contributed by atoms with Gasteiger partial charge in [-0.15, -0.1) is 22.7 Å². The highest BCUT2D eigenvalue weighted by atomic mass is 79.9. The van der Waals surface area contributed by atoms with E-state index < -0.39 is 0 Å². The molecule has 15 heavy (non-hydrogen) atoms.